The summed E-state index contributed by atoms with van der Waals surface area (Å²) in [5, 5.41) is 20.7. The van der Waals surface area contributed by atoms with Gasteiger partial charge >= 0.3 is 0 Å². The number of nitriles is 1. The molecular formula is C23H24N4O3S. The molecule has 0 radical (unpaired) electrons. The zero-order valence-corrected chi connectivity index (χ0v) is 18.0. The Balaban J connectivity index is 1.37. The predicted molar refractivity (Wildman–Crippen MR) is 119 cm³/mol. The fourth-order valence-corrected chi connectivity index (χ4v) is 5.58. The van der Waals surface area contributed by atoms with Gasteiger partial charge in [0.15, 0.2) is 0 Å². The van der Waals surface area contributed by atoms with Crippen LogP contribution in [0.5, 0.6) is 0 Å². The highest BCUT2D eigenvalue weighted by molar-refractivity contribution is 8.00. The van der Waals surface area contributed by atoms with Crippen LogP contribution in [0.3, 0.4) is 0 Å². The van der Waals surface area contributed by atoms with E-state index in [2.05, 4.69) is 11.0 Å². The third kappa shape index (κ3) is 4.43. The summed E-state index contributed by atoms with van der Waals surface area (Å²) in [6.07, 6.45) is 1.56. The first-order chi connectivity index (χ1) is 15.0. The maximum atomic E-state index is 12.5. The average Bonchev–Trinajstić information content (AvgIpc) is 3.19. The van der Waals surface area contributed by atoms with Crippen LogP contribution in [-0.4, -0.2) is 52.6 Å². The summed E-state index contributed by atoms with van der Waals surface area (Å²) in [7, 11) is 0. The van der Waals surface area contributed by atoms with Crippen molar-refractivity contribution >= 4 is 23.4 Å². The summed E-state index contributed by atoms with van der Waals surface area (Å²) in [4.78, 5) is 27.1. The van der Waals surface area contributed by atoms with Crippen LogP contribution in [0.1, 0.15) is 29.3 Å². The molecule has 1 unspecified atom stereocenters. The topological polar surface area (TPSA) is 90.5 Å². The number of hydrogen-bond acceptors (Lipinski definition) is 6. The maximum Gasteiger partial charge on any atom is 0.269 e. The number of nitrogens with zero attached hydrogens (tertiary/aromatic N) is 4. The molecule has 31 heavy (non-hydrogen) atoms. The quantitative estimate of drug-likeness (QED) is 0.506. The number of nitro benzene ring substituents is 1. The van der Waals surface area contributed by atoms with Crippen molar-refractivity contribution in [1.82, 2.24) is 9.80 Å². The molecule has 7 nitrogen and oxygen atoms in total. The second kappa shape index (κ2) is 9.08. The van der Waals surface area contributed by atoms with E-state index in [-0.39, 0.29) is 17.0 Å². The minimum absolute atomic E-state index is 0.0531. The Hall–Kier alpha value is -2.89. The number of non-ortho nitro benzene ring substituents is 1. The Morgan fingerprint density at radius 2 is 1.77 bits per heavy atom. The van der Waals surface area contributed by atoms with Gasteiger partial charge in [0.2, 0.25) is 5.91 Å². The number of carbonyl (C=O) groups is 1. The second-order valence-electron chi connectivity index (χ2n) is 8.00. The van der Waals surface area contributed by atoms with Crippen molar-refractivity contribution in [3.8, 4) is 6.07 Å². The summed E-state index contributed by atoms with van der Waals surface area (Å²) < 4.78 is 0. The molecule has 0 bridgehead atoms. The molecule has 2 fully saturated rings. The summed E-state index contributed by atoms with van der Waals surface area (Å²) >= 11 is 1.56. The highest BCUT2D eigenvalue weighted by Gasteiger charge is 2.37. The number of amides is 1. The van der Waals surface area contributed by atoms with Crippen molar-refractivity contribution in [3.63, 3.8) is 0 Å². The predicted octanol–water partition coefficient (Wildman–Crippen LogP) is 3.73. The van der Waals surface area contributed by atoms with Crippen LogP contribution in [0, 0.1) is 21.4 Å². The number of rotatable bonds is 6. The van der Waals surface area contributed by atoms with Gasteiger partial charge in [0, 0.05) is 38.3 Å². The smallest absolute Gasteiger partial charge is 0.269 e. The maximum absolute atomic E-state index is 12.5. The van der Waals surface area contributed by atoms with Crippen LogP contribution in [0.2, 0.25) is 0 Å². The third-order valence-electron chi connectivity index (χ3n) is 6.26. The molecule has 2 aromatic rings. The van der Waals surface area contributed by atoms with E-state index in [0.717, 1.165) is 43.6 Å². The van der Waals surface area contributed by atoms with Gasteiger partial charge in [-0.2, -0.15) is 5.26 Å². The molecule has 2 aliphatic rings. The second-order valence-corrected chi connectivity index (χ2v) is 9.07. The van der Waals surface area contributed by atoms with Gasteiger partial charge in [0.1, 0.15) is 5.37 Å². The van der Waals surface area contributed by atoms with Crippen LogP contribution >= 0.6 is 11.8 Å². The van der Waals surface area contributed by atoms with Gasteiger partial charge in [-0.15, -0.1) is 11.8 Å². The lowest BCUT2D eigenvalue weighted by atomic mass is 9.74. The van der Waals surface area contributed by atoms with Gasteiger partial charge in [-0.25, -0.2) is 0 Å². The molecule has 8 heteroatoms. The summed E-state index contributed by atoms with van der Waals surface area (Å²) in [5.74, 6) is 0.522. The molecule has 2 aromatic carbocycles. The molecule has 0 aromatic heterocycles. The van der Waals surface area contributed by atoms with Crippen LogP contribution < -0.4 is 0 Å². The lowest BCUT2D eigenvalue weighted by Gasteiger charge is -2.38. The molecule has 1 atom stereocenters. The van der Waals surface area contributed by atoms with E-state index < -0.39 is 10.3 Å². The molecule has 1 amide bonds. The molecular weight excluding hydrogens is 412 g/mol. The van der Waals surface area contributed by atoms with Gasteiger partial charge in [0.05, 0.1) is 22.2 Å². The number of carbonyl (C=O) groups excluding carboxylic acids is 1. The fraction of sp³-hybridized carbons (Fsp3) is 0.391. The number of likely N-dealkylation sites (tertiary alicyclic amines) is 1. The molecule has 0 saturated carbocycles. The van der Waals surface area contributed by atoms with E-state index in [9.17, 15) is 20.2 Å². The van der Waals surface area contributed by atoms with Crippen LogP contribution in [-0.2, 0) is 10.2 Å². The lowest BCUT2D eigenvalue weighted by molar-refractivity contribution is -0.384. The van der Waals surface area contributed by atoms with Crippen molar-refractivity contribution in [2.24, 2.45) is 0 Å². The van der Waals surface area contributed by atoms with Crippen molar-refractivity contribution in [2.75, 3.05) is 31.9 Å². The Kier molecular flexibility index (Phi) is 6.25. The average molecular weight is 437 g/mol. The number of benzene rings is 2. The first kappa shape index (κ1) is 21.3. The molecule has 0 N–H and O–H groups in total. The number of nitro groups is 1. The van der Waals surface area contributed by atoms with Gasteiger partial charge < -0.3 is 9.80 Å². The minimum Gasteiger partial charge on any atom is -0.325 e. The van der Waals surface area contributed by atoms with E-state index >= 15 is 0 Å². The summed E-state index contributed by atoms with van der Waals surface area (Å²) in [5.41, 5.74) is 1.62. The molecule has 2 heterocycles. The molecule has 0 spiro atoms. The summed E-state index contributed by atoms with van der Waals surface area (Å²) in [6, 6.07) is 19.0. The van der Waals surface area contributed by atoms with E-state index in [1.165, 1.54) is 12.1 Å². The van der Waals surface area contributed by atoms with Crippen LogP contribution in [0.4, 0.5) is 5.69 Å². The lowest BCUT2D eigenvalue weighted by Crippen LogP contribution is -2.45. The Labute approximate surface area is 185 Å². The fourth-order valence-electron chi connectivity index (χ4n) is 4.36. The van der Waals surface area contributed by atoms with Crippen LogP contribution in [0.15, 0.2) is 54.6 Å². The van der Waals surface area contributed by atoms with Gasteiger partial charge in [-0.3, -0.25) is 14.9 Å². The van der Waals surface area contributed by atoms with Crippen LogP contribution in [0.25, 0.3) is 0 Å². The third-order valence-corrected chi connectivity index (χ3v) is 7.52. The van der Waals surface area contributed by atoms with Crippen molar-refractivity contribution in [1.29, 1.82) is 5.26 Å². The molecule has 2 saturated heterocycles. The highest BCUT2D eigenvalue weighted by Crippen LogP contribution is 2.39. The van der Waals surface area contributed by atoms with Crippen molar-refractivity contribution in [3.05, 3.63) is 75.8 Å². The Morgan fingerprint density at radius 1 is 1.10 bits per heavy atom. The minimum atomic E-state index is -0.432. The number of piperidine rings is 1. The van der Waals surface area contributed by atoms with Gasteiger partial charge in [-0.05, 0) is 36.1 Å². The van der Waals surface area contributed by atoms with E-state index in [4.69, 9.17) is 0 Å². The molecule has 2 aliphatic heterocycles. The monoisotopic (exact) mass is 436 g/mol. The SMILES string of the molecule is N#CC1(c2ccccc2)CCN(CCN2C(=O)CSC2c2ccc([N+](=O)[O-])cc2)CC1. The van der Waals surface area contributed by atoms with Crippen molar-refractivity contribution < 1.29 is 9.72 Å². The molecule has 160 valence electrons. The first-order valence-corrected chi connectivity index (χ1v) is 11.4. The van der Waals surface area contributed by atoms with Gasteiger partial charge in [0.25, 0.3) is 5.69 Å². The van der Waals surface area contributed by atoms with E-state index in [1.54, 1.807) is 23.9 Å². The first-order valence-electron chi connectivity index (χ1n) is 10.4. The normalized spacial score (nSPS) is 21.1. The number of hydrogen-bond donors (Lipinski definition) is 0. The van der Waals surface area contributed by atoms with Gasteiger partial charge in [-0.1, -0.05) is 30.3 Å². The Morgan fingerprint density at radius 3 is 2.39 bits per heavy atom. The standard InChI is InChI=1S/C23H24N4O3S/c24-17-23(19-4-2-1-3-5-19)10-12-25(13-11-23)14-15-26-21(28)16-31-22(26)18-6-8-20(9-7-18)27(29)30/h1-9,22H,10-16H2. The van der Waals surface area contributed by atoms with E-state index in [1.807, 2.05) is 35.2 Å². The zero-order valence-electron chi connectivity index (χ0n) is 17.1. The Bertz CT molecular complexity index is 982. The zero-order chi connectivity index (χ0) is 21.8. The summed E-state index contributed by atoms with van der Waals surface area (Å²) in [6.45, 7) is 3.00. The highest BCUT2D eigenvalue weighted by atomic mass is 32.2. The van der Waals surface area contributed by atoms with E-state index in [0.29, 0.717) is 12.3 Å². The largest absolute Gasteiger partial charge is 0.325 e. The van der Waals surface area contributed by atoms with Crippen molar-refractivity contribution in [2.45, 2.75) is 23.6 Å². The number of thioether (sulfide) groups is 1. The molecule has 4 rings (SSSR count). The molecule has 0 aliphatic carbocycles.